The number of allylic oxidation sites excluding steroid dienone is 4. The van der Waals surface area contributed by atoms with Crippen LogP contribution < -0.4 is 0 Å². The third-order valence-corrected chi connectivity index (χ3v) is 2.88. The average molecular weight is 231 g/mol. The molecule has 0 heterocycles. The zero-order chi connectivity index (χ0) is 12.4. The van der Waals surface area contributed by atoms with E-state index in [1.165, 1.54) is 23.8 Å². The van der Waals surface area contributed by atoms with E-state index in [1.54, 1.807) is 0 Å². The van der Waals surface area contributed by atoms with Crippen molar-refractivity contribution in [2.45, 2.75) is 19.8 Å². The fourth-order valence-corrected chi connectivity index (χ4v) is 1.85. The Morgan fingerprint density at radius 2 is 1.76 bits per heavy atom. The fourth-order valence-electron chi connectivity index (χ4n) is 1.85. The van der Waals surface area contributed by atoms with Gasteiger partial charge >= 0.3 is 0 Å². The summed E-state index contributed by atoms with van der Waals surface area (Å²) in [6, 6.07) is 3.97. The van der Waals surface area contributed by atoms with Crippen molar-refractivity contribution in [2.24, 2.45) is 0 Å². The molecule has 0 fully saturated rings. The highest BCUT2D eigenvalue weighted by atomic mass is 19.1. The van der Waals surface area contributed by atoms with Gasteiger partial charge in [0.05, 0.1) is 0 Å². The molecule has 0 amide bonds. The predicted molar refractivity (Wildman–Crippen MR) is 62.0 cm³/mol. The molecular formula is C14H11F2N. The smallest absolute Gasteiger partial charge is 0.144 e. The van der Waals surface area contributed by atoms with Crippen LogP contribution in [0.3, 0.4) is 0 Å². The van der Waals surface area contributed by atoms with Crippen LogP contribution >= 0.6 is 0 Å². The SMILES string of the molecule is CC1=CC=C(c2cc(F)c(C#N)c(F)c2)CC1. The maximum atomic E-state index is 13.4. The van der Waals surface area contributed by atoms with Gasteiger partial charge in [-0.25, -0.2) is 8.78 Å². The van der Waals surface area contributed by atoms with Gasteiger partial charge < -0.3 is 0 Å². The van der Waals surface area contributed by atoms with Crippen molar-refractivity contribution in [1.82, 2.24) is 0 Å². The Labute approximate surface area is 98.7 Å². The first-order chi connectivity index (χ1) is 8.11. The van der Waals surface area contributed by atoms with Gasteiger partial charge in [0, 0.05) is 0 Å². The van der Waals surface area contributed by atoms with Crippen LogP contribution in [0.15, 0.2) is 29.9 Å². The molecule has 0 aliphatic heterocycles. The summed E-state index contributed by atoms with van der Waals surface area (Å²) in [6.45, 7) is 2.02. The molecule has 0 radical (unpaired) electrons. The van der Waals surface area contributed by atoms with Gasteiger partial charge in [0.2, 0.25) is 0 Å². The van der Waals surface area contributed by atoms with Crippen molar-refractivity contribution >= 4 is 5.57 Å². The summed E-state index contributed by atoms with van der Waals surface area (Å²) in [4.78, 5) is 0. The molecule has 0 saturated carbocycles. The highest BCUT2D eigenvalue weighted by Crippen LogP contribution is 2.28. The van der Waals surface area contributed by atoms with Crippen molar-refractivity contribution in [3.63, 3.8) is 0 Å². The number of rotatable bonds is 1. The molecule has 0 saturated heterocycles. The molecule has 1 nitrogen and oxygen atoms in total. The molecule has 0 unspecified atom stereocenters. The van der Waals surface area contributed by atoms with Crippen LogP contribution in [0.5, 0.6) is 0 Å². The van der Waals surface area contributed by atoms with E-state index in [-0.39, 0.29) is 0 Å². The third kappa shape index (κ3) is 2.26. The number of hydrogen-bond donors (Lipinski definition) is 0. The monoisotopic (exact) mass is 231 g/mol. The summed E-state index contributed by atoms with van der Waals surface area (Å²) in [6.07, 6.45) is 5.49. The lowest BCUT2D eigenvalue weighted by Gasteiger charge is -2.13. The van der Waals surface area contributed by atoms with E-state index in [9.17, 15) is 8.78 Å². The first kappa shape index (κ1) is 11.5. The van der Waals surface area contributed by atoms with Crippen LogP contribution in [0.25, 0.3) is 5.57 Å². The first-order valence-electron chi connectivity index (χ1n) is 5.37. The number of hydrogen-bond acceptors (Lipinski definition) is 1. The first-order valence-corrected chi connectivity index (χ1v) is 5.37. The Morgan fingerprint density at radius 3 is 2.24 bits per heavy atom. The standard InChI is InChI=1S/C14H11F2N/c1-9-2-4-10(5-3-9)11-6-13(15)12(8-17)14(16)7-11/h2,4,6-7H,3,5H2,1H3. The summed E-state index contributed by atoms with van der Waals surface area (Å²) >= 11 is 0. The second-order valence-electron chi connectivity index (χ2n) is 4.13. The summed E-state index contributed by atoms with van der Waals surface area (Å²) in [5, 5.41) is 8.58. The number of halogens is 2. The van der Waals surface area contributed by atoms with Gasteiger partial charge in [-0.15, -0.1) is 0 Å². The molecule has 0 spiro atoms. The topological polar surface area (TPSA) is 23.8 Å². The van der Waals surface area contributed by atoms with Gasteiger partial charge in [-0.1, -0.05) is 17.7 Å². The van der Waals surface area contributed by atoms with E-state index in [0.717, 1.165) is 18.4 Å². The maximum Gasteiger partial charge on any atom is 0.144 e. The zero-order valence-electron chi connectivity index (χ0n) is 9.43. The minimum atomic E-state index is -0.797. The summed E-state index contributed by atoms with van der Waals surface area (Å²) in [5.41, 5.74) is 2.15. The molecule has 0 aromatic heterocycles. The highest BCUT2D eigenvalue weighted by Gasteiger charge is 2.13. The van der Waals surface area contributed by atoms with E-state index in [2.05, 4.69) is 0 Å². The molecule has 0 bridgehead atoms. The van der Waals surface area contributed by atoms with Crippen LogP contribution in [0.2, 0.25) is 0 Å². The second kappa shape index (κ2) is 4.50. The normalized spacial score (nSPS) is 14.9. The van der Waals surface area contributed by atoms with Crippen molar-refractivity contribution in [3.8, 4) is 6.07 Å². The number of nitrogens with zero attached hydrogens (tertiary/aromatic N) is 1. The Morgan fingerprint density at radius 1 is 1.12 bits per heavy atom. The van der Waals surface area contributed by atoms with Crippen LogP contribution in [-0.4, -0.2) is 0 Å². The molecule has 1 aliphatic rings. The quantitative estimate of drug-likeness (QED) is 0.717. The van der Waals surface area contributed by atoms with Gasteiger partial charge in [-0.2, -0.15) is 5.26 Å². The molecule has 3 heteroatoms. The van der Waals surface area contributed by atoms with E-state index >= 15 is 0 Å². The second-order valence-corrected chi connectivity index (χ2v) is 4.13. The Hall–Kier alpha value is -1.95. The van der Waals surface area contributed by atoms with Crippen LogP contribution in [0.1, 0.15) is 30.9 Å². The van der Waals surface area contributed by atoms with E-state index in [1.807, 2.05) is 19.1 Å². The number of benzene rings is 1. The minimum absolute atomic E-state index is 0.516. The van der Waals surface area contributed by atoms with Gasteiger partial charge in [0.15, 0.2) is 0 Å². The van der Waals surface area contributed by atoms with Crippen LogP contribution in [0.4, 0.5) is 8.78 Å². The van der Waals surface area contributed by atoms with Crippen molar-refractivity contribution in [2.75, 3.05) is 0 Å². The molecule has 1 aromatic rings. The van der Waals surface area contributed by atoms with Crippen molar-refractivity contribution in [3.05, 3.63) is 52.6 Å². The molecule has 1 aromatic carbocycles. The van der Waals surface area contributed by atoms with Gasteiger partial charge in [0.1, 0.15) is 23.3 Å². The lowest BCUT2D eigenvalue weighted by atomic mass is 9.93. The van der Waals surface area contributed by atoms with Gasteiger partial charge in [-0.3, -0.25) is 0 Å². The number of nitriles is 1. The van der Waals surface area contributed by atoms with Crippen LogP contribution in [0, 0.1) is 23.0 Å². The van der Waals surface area contributed by atoms with E-state index < -0.39 is 17.2 Å². The Kier molecular flexibility index (Phi) is 3.06. The maximum absolute atomic E-state index is 13.4. The average Bonchev–Trinajstić information content (AvgIpc) is 2.29. The summed E-state index contributed by atoms with van der Waals surface area (Å²) in [7, 11) is 0. The largest absolute Gasteiger partial charge is 0.205 e. The lowest BCUT2D eigenvalue weighted by molar-refractivity contribution is 0.576. The Balaban J connectivity index is 2.46. The highest BCUT2D eigenvalue weighted by molar-refractivity contribution is 5.69. The predicted octanol–water partition coefficient (Wildman–Crippen LogP) is 3.96. The minimum Gasteiger partial charge on any atom is -0.205 e. The summed E-state index contributed by atoms with van der Waals surface area (Å²) < 4.78 is 26.9. The van der Waals surface area contributed by atoms with Gasteiger partial charge in [0.25, 0.3) is 0 Å². The molecule has 0 N–H and O–H groups in total. The van der Waals surface area contributed by atoms with Crippen molar-refractivity contribution < 1.29 is 8.78 Å². The van der Waals surface area contributed by atoms with E-state index in [0.29, 0.717) is 5.56 Å². The van der Waals surface area contributed by atoms with Crippen LogP contribution in [-0.2, 0) is 0 Å². The summed E-state index contributed by atoms with van der Waals surface area (Å²) in [5.74, 6) is -1.59. The molecule has 1 aliphatic carbocycles. The molecule has 17 heavy (non-hydrogen) atoms. The van der Waals surface area contributed by atoms with Crippen molar-refractivity contribution in [1.29, 1.82) is 5.26 Å². The Bertz CT molecular complexity index is 539. The third-order valence-electron chi connectivity index (χ3n) is 2.88. The van der Waals surface area contributed by atoms with E-state index in [4.69, 9.17) is 5.26 Å². The molecule has 0 atom stereocenters. The molecule has 86 valence electrons. The lowest BCUT2D eigenvalue weighted by Crippen LogP contribution is -1.96. The zero-order valence-corrected chi connectivity index (χ0v) is 9.43. The van der Waals surface area contributed by atoms with Gasteiger partial charge in [-0.05, 0) is 43.0 Å². The molecular weight excluding hydrogens is 220 g/mol. The fraction of sp³-hybridized carbons (Fsp3) is 0.214. The molecule has 2 rings (SSSR count).